The molecule has 0 aliphatic carbocycles. The quantitative estimate of drug-likeness (QED) is 0.331. The third-order valence-electron chi connectivity index (χ3n) is 3.50. The Morgan fingerprint density at radius 1 is 0.920 bits per heavy atom. The van der Waals surface area contributed by atoms with Crippen LogP contribution in [0.15, 0.2) is 48.5 Å². The number of esters is 1. The van der Waals surface area contributed by atoms with Crippen LogP contribution in [0.3, 0.4) is 0 Å². The van der Waals surface area contributed by atoms with Crippen LogP contribution in [0.2, 0.25) is 0 Å². The van der Waals surface area contributed by atoms with Gasteiger partial charge in [0.2, 0.25) is 0 Å². The predicted octanol–water partition coefficient (Wildman–Crippen LogP) is 3.92. The van der Waals surface area contributed by atoms with Gasteiger partial charge >= 0.3 is 5.97 Å². The van der Waals surface area contributed by atoms with Crippen molar-refractivity contribution in [3.05, 3.63) is 59.7 Å². The normalized spacial score (nSPS) is 10.5. The minimum atomic E-state index is -0.517. The lowest BCUT2D eigenvalue weighted by Gasteiger charge is -2.06. The van der Waals surface area contributed by atoms with E-state index in [9.17, 15) is 9.59 Å². The molecule has 0 saturated heterocycles. The van der Waals surface area contributed by atoms with Gasteiger partial charge in [-0.1, -0.05) is 6.92 Å². The first-order chi connectivity index (χ1) is 12.0. The van der Waals surface area contributed by atoms with Crippen LogP contribution in [-0.4, -0.2) is 26.0 Å². The smallest absolute Gasteiger partial charge is 0.336 e. The third-order valence-corrected chi connectivity index (χ3v) is 3.50. The maximum Gasteiger partial charge on any atom is 0.336 e. The minimum Gasteiger partial charge on any atom is -0.497 e. The van der Waals surface area contributed by atoms with E-state index in [0.29, 0.717) is 29.2 Å². The van der Waals surface area contributed by atoms with Crippen LogP contribution < -0.4 is 14.2 Å². The second-order valence-electron chi connectivity index (χ2n) is 5.20. The highest BCUT2D eigenvalue weighted by molar-refractivity contribution is 5.96. The molecule has 2 rings (SSSR count). The Labute approximate surface area is 146 Å². The molecule has 5 nitrogen and oxygen atoms in total. The summed E-state index contributed by atoms with van der Waals surface area (Å²) >= 11 is 0. The maximum absolute atomic E-state index is 11.9. The Balaban J connectivity index is 2.04. The predicted molar refractivity (Wildman–Crippen MR) is 95.3 cm³/mol. The van der Waals surface area contributed by atoms with Gasteiger partial charge in [-0.05, 0) is 48.0 Å². The van der Waals surface area contributed by atoms with Gasteiger partial charge < -0.3 is 14.2 Å². The Morgan fingerprint density at radius 3 is 2.04 bits per heavy atom. The van der Waals surface area contributed by atoms with E-state index in [1.807, 2.05) is 0 Å². The number of carbonyl (C=O) groups excluding carboxylic acids is 2. The Kier molecular flexibility index (Phi) is 6.34. The first-order valence-corrected chi connectivity index (χ1v) is 7.82. The molecule has 0 heterocycles. The number of rotatable bonds is 7. The van der Waals surface area contributed by atoms with E-state index in [0.717, 1.165) is 5.56 Å². The summed E-state index contributed by atoms with van der Waals surface area (Å²) in [5, 5.41) is 0. The molecule has 0 saturated carbocycles. The molecule has 25 heavy (non-hydrogen) atoms. The van der Waals surface area contributed by atoms with Crippen LogP contribution in [0, 0.1) is 0 Å². The Bertz CT molecular complexity index is 753. The van der Waals surface area contributed by atoms with E-state index in [1.54, 1.807) is 69.7 Å². The van der Waals surface area contributed by atoms with Gasteiger partial charge in [0.1, 0.15) is 17.2 Å². The molecule has 0 atom stereocenters. The van der Waals surface area contributed by atoms with E-state index in [2.05, 4.69) is 0 Å². The molecule has 0 N–H and O–H groups in total. The van der Waals surface area contributed by atoms with Crippen molar-refractivity contribution in [3.63, 3.8) is 0 Å². The number of carbonyl (C=O) groups is 2. The van der Waals surface area contributed by atoms with Gasteiger partial charge in [0, 0.05) is 24.1 Å². The number of benzene rings is 2. The number of Topliss-reactive ketones (excluding diaryl/α,β-unsaturated/α-hetero) is 1. The van der Waals surface area contributed by atoms with Crippen LogP contribution in [0.5, 0.6) is 17.2 Å². The zero-order valence-corrected chi connectivity index (χ0v) is 14.4. The fourth-order valence-corrected chi connectivity index (χ4v) is 2.15. The summed E-state index contributed by atoms with van der Waals surface area (Å²) in [5.41, 5.74) is 1.35. The molecule has 130 valence electrons. The average Bonchev–Trinajstić information content (AvgIpc) is 2.66. The van der Waals surface area contributed by atoms with Crippen molar-refractivity contribution in [1.82, 2.24) is 0 Å². The molecule has 5 heteroatoms. The van der Waals surface area contributed by atoms with Crippen molar-refractivity contribution in [2.45, 2.75) is 13.3 Å². The molecular weight excluding hydrogens is 320 g/mol. The summed E-state index contributed by atoms with van der Waals surface area (Å²) in [6, 6.07) is 11.8. The summed E-state index contributed by atoms with van der Waals surface area (Å²) < 4.78 is 15.6. The van der Waals surface area contributed by atoms with Crippen LogP contribution >= 0.6 is 0 Å². The maximum atomic E-state index is 11.9. The van der Waals surface area contributed by atoms with E-state index in [1.165, 1.54) is 6.08 Å². The molecular formula is C20H20O5. The monoisotopic (exact) mass is 340 g/mol. The summed E-state index contributed by atoms with van der Waals surface area (Å²) in [5.74, 6) is 1.17. The summed E-state index contributed by atoms with van der Waals surface area (Å²) in [4.78, 5) is 23.5. The molecule has 0 unspecified atom stereocenters. The van der Waals surface area contributed by atoms with Gasteiger partial charge in [0.05, 0.1) is 14.2 Å². The summed E-state index contributed by atoms with van der Waals surface area (Å²) in [6.07, 6.45) is 3.37. The molecule has 2 aromatic carbocycles. The number of hydrogen-bond acceptors (Lipinski definition) is 5. The van der Waals surface area contributed by atoms with Crippen molar-refractivity contribution < 1.29 is 23.8 Å². The van der Waals surface area contributed by atoms with E-state index < -0.39 is 5.97 Å². The highest BCUT2D eigenvalue weighted by atomic mass is 16.5. The van der Waals surface area contributed by atoms with Crippen LogP contribution in [0.1, 0.15) is 29.3 Å². The second-order valence-corrected chi connectivity index (χ2v) is 5.20. The van der Waals surface area contributed by atoms with Crippen molar-refractivity contribution in [2.75, 3.05) is 14.2 Å². The first kappa shape index (κ1) is 18.3. The zero-order chi connectivity index (χ0) is 18.2. The molecule has 0 aliphatic heterocycles. The van der Waals surface area contributed by atoms with Crippen LogP contribution in [-0.2, 0) is 4.79 Å². The van der Waals surface area contributed by atoms with Gasteiger partial charge in [-0.2, -0.15) is 0 Å². The molecule has 2 aromatic rings. The standard InChI is InChI=1S/C20H20O5/c1-4-19(21)15-6-8-16(9-7-15)25-20(22)10-5-14-11-17(23-2)13-18(12-14)24-3/h5-13H,4H2,1-3H3. The lowest BCUT2D eigenvalue weighted by molar-refractivity contribution is -0.128. The van der Waals surface area contributed by atoms with E-state index >= 15 is 0 Å². The van der Waals surface area contributed by atoms with Gasteiger partial charge in [0.25, 0.3) is 0 Å². The van der Waals surface area contributed by atoms with Gasteiger partial charge in [-0.25, -0.2) is 4.79 Å². The number of hydrogen-bond donors (Lipinski definition) is 0. The number of methoxy groups -OCH3 is 2. The average molecular weight is 340 g/mol. The SMILES string of the molecule is CCC(=O)c1ccc(OC(=O)C=Cc2cc(OC)cc(OC)c2)cc1. The molecule has 0 aromatic heterocycles. The highest BCUT2D eigenvalue weighted by Gasteiger charge is 2.05. The molecule has 0 fully saturated rings. The third kappa shape index (κ3) is 5.21. The van der Waals surface area contributed by atoms with Crippen LogP contribution in [0.4, 0.5) is 0 Å². The summed E-state index contributed by atoms with van der Waals surface area (Å²) in [7, 11) is 3.12. The minimum absolute atomic E-state index is 0.0461. The second kappa shape index (κ2) is 8.68. The number of ether oxygens (including phenoxy) is 3. The van der Waals surface area contributed by atoms with Crippen molar-refractivity contribution in [1.29, 1.82) is 0 Å². The van der Waals surface area contributed by atoms with Crippen LogP contribution in [0.25, 0.3) is 6.08 Å². The first-order valence-electron chi connectivity index (χ1n) is 7.82. The summed E-state index contributed by atoms with van der Waals surface area (Å²) in [6.45, 7) is 1.80. The fourth-order valence-electron chi connectivity index (χ4n) is 2.15. The molecule has 0 spiro atoms. The lowest BCUT2D eigenvalue weighted by atomic mass is 10.1. The highest BCUT2D eigenvalue weighted by Crippen LogP contribution is 2.23. The molecule has 0 aliphatic rings. The van der Waals surface area contributed by atoms with E-state index in [-0.39, 0.29) is 5.78 Å². The van der Waals surface area contributed by atoms with Crippen molar-refractivity contribution >= 4 is 17.8 Å². The zero-order valence-electron chi connectivity index (χ0n) is 14.4. The largest absolute Gasteiger partial charge is 0.497 e. The van der Waals surface area contributed by atoms with E-state index in [4.69, 9.17) is 14.2 Å². The Hall–Kier alpha value is -3.08. The van der Waals surface area contributed by atoms with Gasteiger partial charge in [-0.15, -0.1) is 0 Å². The molecule has 0 radical (unpaired) electrons. The van der Waals surface area contributed by atoms with Crippen molar-refractivity contribution in [3.8, 4) is 17.2 Å². The topological polar surface area (TPSA) is 61.8 Å². The molecule has 0 amide bonds. The van der Waals surface area contributed by atoms with Gasteiger partial charge in [-0.3, -0.25) is 4.79 Å². The number of ketones is 1. The Morgan fingerprint density at radius 2 is 1.52 bits per heavy atom. The van der Waals surface area contributed by atoms with Gasteiger partial charge in [0.15, 0.2) is 5.78 Å². The fraction of sp³-hybridized carbons (Fsp3) is 0.200. The molecule has 0 bridgehead atoms. The lowest BCUT2D eigenvalue weighted by Crippen LogP contribution is -2.04. The van der Waals surface area contributed by atoms with Crippen molar-refractivity contribution in [2.24, 2.45) is 0 Å².